The minimum Gasteiger partial charge on any atom is -0.453 e. The maximum absolute atomic E-state index is 12.8. The second-order valence-electron chi connectivity index (χ2n) is 6.83. The van der Waals surface area contributed by atoms with E-state index in [4.69, 9.17) is 4.74 Å². The Hall–Kier alpha value is -2.90. The number of para-hydroxylation sites is 1. The first-order valence-electron chi connectivity index (χ1n) is 9.07. The van der Waals surface area contributed by atoms with Crippen LogP contribution in [0.2, 0.25) is 0 Å². The number of urea groups is 1. The molecule has 4 amide bonds. The predicted octanol–water partition coefficient (Wildman–Crippen LogP) is 1.23. The third-order valence-corrected chi connectivity index (χ3v) is 4.80. The summed E-state index contributed by atoms with van der Waals surface area (Å²) in [6.07, 6.45) is 0.194. The topological polar surface area (TPSA) is 96.0 Å². The Bertz CT molecular complexity index is 762. The molecule has 0 unspecified atom stereocenters. The fourth-order valence-corrected chi connectivity index (χ4v) is 3.47. The molecule has 27 heavy (non-hydrogen) atoms. The molecule has 8 heteroatoms. The van der Waals surface area contributed by atoms with Crippen molar-refractivity contribution in [2.45, 2.75) is 45.3 Å². The highest BCUT2D eigenvalue weighted by Gasteiger charge is 2.34. The average Bonchev–Trinajstić information content (AvgIpc) is 3.13. The molecule has 0 saturated carbocycles. The number of nitrogens with one attached hydrogen (secondary N) is 1. The third kappa shape index (κ3) is 3.94. The number of carbonyl (C=O) groups excluding carboxylic acids is 4. The second kappa shape index (κ2) is 7.77. The molecule has 2 atom stereocenters. The molecule has 0 spiro atoms. The molecule has 2 aliphatic heterocycles. The van der Waals surface area contributed by atoms with Crippen LogP contribution in [0.25, 0.3) is 0 Å². The molecule has 2 heterocycles. The lowest BCUT2D eigenvalue weighted by molar-refractivity contribution is -0.154. The van der Waals surface area contributed by atoms with E-state index in [2.05, 4.69) is 5.32 Å². The van der Waals surface area contributed by atoms with Crippen LogP contribution in [0.4, 0.5) is 10.5 Å². The van der Waals surface area contributed by atoms with E-state index in [1.165, 1.54) is 0 Å². The Labute approximate surface area is 157 Å². The van der Waals surface area contributed by atoms with Crippen LogP contribution in [-0.4, -0.2) is 54.0 Å². The van der Waals surface area contributed by atoms with Crippen LogP contribution in [0.5, 0.6) is 0 Å². The molecule has 0 aliphatic carbocycles. The van der Waals surface area contributed by atoms with Gasteiger partial charge in [0.25, 0.3) is 5.91 Å². The molecule has 0 radical (unpaired) electrons. The summed E-state index contributed by atoms with van der Waals surface area (Å²) in [5, 5.41) is 2.42. The van der Waals surface area contributed by atoms with E-state index in [0.717, 1.165) is 22.6 Å². The van der Waals surface area contributed by atoms with E-state index in [0.29, 0.717) is 6.42 Å². The monoisotopic (exact) mass is 373 g/mol. The van der Waals surface area contributed by atoms with Gasteiger partial charge in [-0.25, -0.2) is 4.79 Å². The number of hydrogen-bond donors (Lipinski definition) is 1. The fourth-order valence-electron chi connectivity index (χ4n) is 3.47. The Kier molecular flexibility index (Phi) is 5.43. The van der Waals surface area contributed by atoms with E-state index in [1.54, 1.807) is 11.8 Å². The summed E-state index contributed by atoms with van der Waals surface area (Å²) >= 11 is 0. The fraction of sp³-hybridized carbons (Fsp3) is 0.474. The summed E-state index contributed by atoms with van der Waals surface area (Å²) in [6, 6.07) is 7.27. The van der Waals surface area contributed by atoms with Crippen molar-refractivity contribution < 1.29 is 23.9 Å². The van der Waals surface area contributed by atoms with Crippen LogP contribution in [0.3, 0.4) is 0 Å². The van der Waals surface area contributed by atoms with Gasteiger partial charge in [0.15, 0.2) is 6.10 Å². The number of benzene rings is 1. The van der Waals surface area contributed by atoms with Crippen molar-refractivity contribution in [3.05, 3.63) is 29.8 Å². The normalized spacial score (nSPS) is 19.7. The SMILES string of the molecule is C[C@@H]1Cc2ccccc2N1C(=O)[C@@H](C)OC(=O)CCCN1C(=O)CNC1=O. The van der Waals surface area contributed by atoms with Crippen molar-refractivity contribution in [3.8, 4) is 0 Å². The molecular weight excluding hydrogens is 350 g/mol. The van der Waals surface area contributed by atoms with Crippen molar-refractivity contribution in [1.29, 1.82) is 0 Å². The highest BCUT2D eigenvalue weighted by molar-refractivity contribution is 6.02. The number of carbonyl (C=O) groups is 4. The molecule has 1 aromatic rings. The molecule has 1 saturated heterocycles. The molecule has 3 rings (SSSR count). The Morgan fingerprint density at radius 2 is 2.04 bits per heavy atom. The lowest BCUT2D eigenvalue weighted by atomic mass is 10.1. The number of imide groups is 1. The van der Waals surface area contributed by atoms with E-state index < -0.39 is 18.1 Å². The largest absolute Gasteiger partial charge is 0.453 e. The third-order valence-electron chi connectivity index (χ3n) is 4.80. The number of esters is 1. The summed E-state index contributed by atoms with van der Waals surface area (Å²) in [7, 11) is 0. The van der Waals surface area contributed by atoms with Gasteiger partial charge in [0, 0.05) is 24.7 Å². The molecule has 1 aromatic carbocycles. The Morgan fingerprint density at radius 3 is 2.74 bits per heavy atom. The molecular formula is C19H23N3O5. The van der Waals surface area contributed by atoms with Gasteiger partial charge in [-0.3, -0.25) is 19.3 Å². The quantitative estimate of drug-likeness (QED) is 0.598. The number of amides is 4. The lowest BCUT2D eigenvalue weighted by Crippen LogP contribution is -2.43. The van der Waals surface area contributed by atoms with E-state index in [9.17, 15) is 19.2 Å². The summed E-state index contributed by atoms with van der Waals surface area (Å²) in [5.41, 5.74) is 1.96. The van der Waals surface area contributed by atoms with E-state index in [-0.39, 0.29) is 37.4 Å². The van der Waals surface area contributed by atoms with Crippen molar-refractivity contribution in [1.82, 2.24) is 10.2 Å². The first-order chi connectivity index (χ1) is 12.9. The predicted molar refractivity (Wildman–Crippen MR) is 97.0 cm³/mol. The zero-order valence-electron chi connectivity index (χ0n) is 15.4. The summed E-state index contributed by atoms with van der Waals surface area (Å²) in [6.45, 7) is 3.67. The van der Waals surface area contributed by atoms with E-state index in [1.807, 2.05) is 31.2 Å². The number of anilines is 1. The number of hydrogen-bond acceptors (Lipinski definition) is 5. The maximum Gasteiger partial charge on any atom is 0.324 e. The first kappa shape index (κ1) is 18.9. The molecule has 8 nitrogen and oxygen atoms in total. The minimum absolute atomic E-state index is 0.00961. The van der Waals surface area contributed by atoms with Gasteiger partial charge < -0.3 is 15.0 Å². The average molecular weight is 373 g/mol. The van der Waals surface area contributed by atoms with Crippen molar-refractivity contribution in [2.75, 3.05) is 18.0 Å². The van der Waals surface area contributed by atoms with Gasteiger partial charge in [-0.15, -0.1) is 0 Å². The van der Waals surface area contributed by atoms with Crippen molar-refractivity contribution in [2.24, 2.45) is 0 Å². The lowest BCUT2D eigenvalue weighted by Gasteiger charge is -2.26. The zero-order valence-corrected chi connectivity index (χ0v) is 15.4. The van der Waals surface area contributed by atoms with Crippen LogP contribution in [-0.2, 0) is 25.5 Å². The highest BCUT2D eigenvalue weighted by atomic mass is 16.5. The minimum atomic E-state index is -0.900. The number of nitrogens with zero attached hydrogens (tertiary/aromatic N) is 2. The first-order valence-corrected chi connectivity index (χ1v) is 9.07. The second-order valence-corrected chi connectivity index (χ2v) is 6.83. The van der Waals surface area contributed by atoms with Crippen molar-refractivity contribution in [3.63, 3.8) is 0 Å². The summed E-state index contributed by atoms with van der Waals surface area (Å²) in [5.74, 6) is -1.09. The van der Waals surface area contributed by atoms with Gasteiger partial charge >= 0.3 is 12.0 Å². The molecule has 0 aromatic heterocycles. The molecule has 144 valence electrons. The molecule has 0 bridgehead atoms. The van der Waals surface area contributed by atoms with Gasteiger partial charge in [0.2, 0.25) is 5.91 Å². The summed E-state index contributed by atoms with van der Waals surface area (Å²) in [4.78, 5) is 50.5. The van der Waals surface area contributed by atoms with Gasteiger partial charge in [-0.2, -0.15) is 0 Å². The van der Waals surface area contributed by atoms with Crippen LogP contribution in [0, 0.1) is 0 Å². The maximum atomic E-state index is 12.8. The standard InChI is InChI=1S/C19H23N3O5/c1-12-10-14-6-3-4-7-15(14)22(12)18(25)13(2)27-17(24)8-5-9-21-16(23)11-20-19(21)26/h3-4,6-7,12-13H,5,8-11H2,1-2H3,(H,20,26)/t12-,13-/m1/s1. The Balaban J connectivity index is 1.50. The smallest absolute Gasteiger partial charge is 0.324 e. The van der Waals surface area contributed by atoms with Gasteiger partial charge in [-0.05, 0) is 38.3 Å². The van der Waals surface area contributed by atoms with Crippen LogP contribution >= 0.6 is 0 Å². The van der Waals surface area contributed by atoms with Crippen LogP contribution in [0.15, 0.2) is 24.3 Å². The van der Waals surface area contributed by atoms with Crippen LogP contribution in [0.1, 0.15) is 32.3 Å². The molecule has 1 N–H and O–H groups in total. The van der Waals surface area contributed by atoms with Gasteiger partial charge in [0.05, 0.1) is 6.54 Å². The number of ether oxygens (including phenoxy) is 1. The van der Waals surface area contributed by atoms with Gasteiger partial charge in [-0.1, -0.05) is 18.2 Å². The van der Waals surface area contributed by atoms with E-state index >= 15 is 0 Å². The highest BCUT2D eigenvalue weighted by Crippen LogP contribution is 2.32. The van der Waals surface area contributed by atoms with Crippen molar-refractivity contribution >= 4 is 29.5 Å². The Morgan fingerprint density at radius 1 is 1.30 bits per heavy atom. The van der Waals surface area contributed by atoms with Gasteiger partial charge in [0.1, 0.15) is 0 Å². The number of fused-ring (bicyclic) bond motifs is 1. The van der Waals surface area contributed by atoms with Crippen LogP contribution < -0.4 is 10.2 Å². The summed E-state index contributed by atoms with van der Waals surface area (Å²) < 4.78 is 5.27. The molecule has 2 aliphatic rings. The molecule has 1 fully saturated rings. The zero-order chi connectivity index (χ0) is 19.6. The number of rotatable bonds is 6.